The van der Waals surface area contributed by atoms with Crippen LogP contribution in [0, 0.1) is 11.8 Å². The molecule has 0 N–H and O–H groups in total. The van der Waals surface area contributed by atoms with Crippen molar-refractivity contribution in [2.45, 2.75) is 19.8 Å². The minimum absolute atomic E-state index is 0.0610. The third-order valence-electron chi connectivity index (χ3n) is 3.51. The van der Waals surface area contributed by atoms with Gasteiger partial charge in [-0.2, -0.15) is 0 Å². The topological polar surface area (TPSA) is 20.3 Å². The Morgan fingerprint density at radius 3 is 2.80 bits per heavy atom. The van der Waals surface area contributed by atoms with Crippen LogP contribution < -0.4 is 0 Å². The highest BCUT2D eigenvalue weighted by Gasteiger charge is 2.53. The van der Waals surface area contributed by atoms with Crippen molar-refractivity contribution in [1.82, 2.24) is 4.90 Å². The lowest BCUT2D eigenvalue weighted by Crippen LogP contribution is -2.26. The fourth-order valence-electron chi connectivity index (χ4n) is 2.69. The average molecular weight is 211 g/mol. The summed E-state index contributed by atoms with van der Waals surface area (Å²) in [6.45, 7) is 1.98. The molecule has 1 aliphatic heterocycles. The van der Waals surface area contributed by atoms with E-state index in [0.29, 0.717) is 25.0 Å². The molecule has 2 aliphatic carbocycles. The number of rotatable bonds is 0. The predicted molar refractivity (Wildman–Crippen MR) is 49.9 cm³/mol. The van der Waals surface area contributed by atoms with Crippen molar-refractivity contribution >= 4 is 5.91 Å². The van der Waals surface area contributed by atoms with Crippen LogP contribution in [-0.2, 0) is 4.79 Å². The summed E-state index contributed by atoms with van der Waals surface area (Å²) in [7, 11) is 0. The van der Waals surface area contributed by atoms with Gasteiger partial charge in [0, 0.05) is 36.6 Å². The molecule has 0 aromatic rings. The van der Waals surface area contributed by atoms with Gasteiger partial charge in [0.05, 0.1) is 0 Å². The van der Waals surface area contributed by atoms with E-state index in [1.807, 2.05) is 0 Å². The number of nitrogens with zero attached hydrogens (tertiary/aromatic N) is 1. The number of allylic oxidation sites excluding steroid dienone is 3. The first-order chi connectivity index (χ1) is 7.11. The van der Waals surface area contributed by atoms with Crippen molar-refractivity contribution in [3.05, 3.63) is 22.9 Å². The molecule has 2 unspecified atom stereocenters. The fraction of sp³-hybridized carbons (Fsp3) is 0.545. The first-order valence-corrected chi connectivity index (χ1v) is 5.18. The monoisotopic (exact) mass is 211 g/mol. The molecule has 3 aliphatic rings. The van der Waals surface area contributed by atoms with E-state index >= 15 is 0 Å². The van der Waals surface area contributed by atoms with Gasteiger partial charge in [-0.25, -0.2) is 8.78 Å². The molecule has 0 saturated heterocycles. The van der Waals surface area contributed by atoms with Crippen LogP contribution in [0.4, 0.5) is 8.78 Å². The van der Waals surface area contributed by atoms with E-state index < -0.39 is 11.7 Å². The number of carbonyl (C=O) groups is 1. The van der Waals surface area contributed by atoms with E-state index in [2.05, 4.69) is 0 Å². The normalized spacial score (nSPS) is 33.1. The second-order valence-corrected chi connectivity index (χ2v) is 4.40. The van der Waals surface area contributed by atoms with Gasteiger partial charge in [-0.3, -0.25) is 4.79 Å². The molecule has 0 spiro atoms. The van der Waals surface area contributed by atoms with Gasteiger partial charge in [0.2, 0.25) is 5.91 Å². The average Bonchev–Trinajstić information content (AvgIpc) is 2.86. The first kappa shape index (κ1) is 9.07. The lowest BCUT2D eigenvalue weighted by Gasteiger charge is -2.20. The molecule has 1 heterocycles. The van der Waals surface area contributed by atoms with Gasteiger partial charge in [-0.15, -0.1) is 0 Å². The summed E-state index contributed by atoms with van der Waals surface area (Å²) in [4.78, 5) is 12.9. The first-order valence-electron chi connectivity index (χ1n) is 5.18. The molecule has 1 saturated carbocycles. The van der Waals surface area contributed by atoms with E-state index in [0.717, 1.165) is 5.70 Å². The largest absolute Gasteiger partial charge is 0.315 e. The minimum Gasteiger partial charge on any atom is -0.315 e. The van der Waals surface area contributed by atoms with Gasteiger partial charge in [0.1, 0.15) is 5.83 Å². The Bertz CT molecular complexity index is 424. The Morgan fingerprint density at radius 1 is 1.40 bits per heavy atom. The second kappa shape index (κ2) is 2.68. The SMILES string of the molecule is CC(=O)N1CCC2=C1C1CC1C(F)=C2F. The van der Waals surface area contributed by atoms with Crippen molar-refractivity contribution in [2.24, 2.45) is 11.8 Å². The summed E-state index contributed by atoms with van der Waals surface area (Å²) in [5.41, 5.74) is 1.19. The van der Waals surface area contributed by atoms with Crippen LogP contribution in [0.3, 0.4) is 0 Å². The summed E-state index contributed by atoms with van der Waals surface area (Å²) < 4.78 is 26.9. The lowest BCUT2D eigenvalue weighted by atomic mass is 10.0. The van der Waals surface area contributed by atoms with Gasteiger partial charge < -0.3 is 4.90 Å². The van der Waals surface area contributed by atoms with Crippen LogP contribution in [0.15, 0.2) is 22.9 Å². The summed E-state index contributed by atoms with van der Waals surface area (Å²) in [5.74, 6) is -1.59. The van der Waals surface area contributed by atoms with Gasteiger partial charge in [-0.1, -0.05) is 0 Å². The molecule has 1 amide bonds. The maximum atomic E-state index is 13.6. The van der Waals surface area contributed by atoms with Crippen molar-refractivity contribution < 1.29 is 13.6 Å². The van der Waals surface area contributed by atoms with Crippen molar-refractivity contribution in [2.75, 3.05) is 6.54 Å². The molecule has 0 aromatic heterocycles. The summed E-state index contributed by atoms with van der Waals surface area (Å²) >= 11 is 0. The number of fused-ring (bicyclic) bond motifs is 2. The van der Waals surface area contributed by atoms with E-state index in [9.17, 15) is 13.6 Å². The summed E-state index contributed by atoms with van der Waals surface area (Å²) in [6, 6.07) is 0. The van der Waals surface area contributed by atoms with E-state index in [1.54, 1.807) is 4.90 Å². The molecule has 0 bridgehead atoms. The fourth-order valence-corrected chi connectivity index (χ4v) is 2.69. The molecular weight excluding hydrogens is 200 g/mol. The third kappa shape index (κ3) is 1.05. The zero-order valence-corrected chi connectivity index (χ0v) is 8.39. The van der Waals surface area contributed by atoms with E-state index in [4.69, 9.17) is 0 Å². The van der Waals surface area contributed by atoms with E-state index in [-0.39, 0.29) is 17.7 Å². The van der Waals surface area contributed by atoms with Gasteiger partial charge in [0.15, 0.2) is 5.83 Å². The number of halogens is 2. The molecule has 15 heavy (non-hydrogen) atoms. The Balaban J connectivity index is 2.08. The number of carbonyl (C=O) groups excluding carboxylic acids is 1. The molecule has 80 valence electrons. The molecule has 2 nitrogen and oxygen atoms in total. The highest BCUT2D eigenvalue weighted by molar-refractivity contribution is 5.77. The number of hydrogen-bond donors (Lipinski definition) is 0. The van der Waals surface area contributed by atoms with Crippen molar-refractivity contribution in [1.29, 1.82) is 0 Å². The minimum atomic E-state index is -0.701. The molecular formula is C11H11F2NO. The van der Waals surface area contributed by atoms with E-state index in [1.165, 1.54) is 6.92 Å². The van der Waals surface area contributed by atoms with Crippen LogP contribution in [0.2, 0.25) is 0 Å². The van der Waals surface area contributed by atoms with Crippen LogP contribution in [0.25, 0.3) is 0 Å². The van der Waals surface area contributed by atoms with Gasteiger partial charge >= 0.3 is 0 Å². The molecule has 4 heteroatoms. The third-order valence-corrected chi connectivity index (χ3v) is 3.51. The summed E-state index contributed by atoms with van der Waals surface area (Å²) in [5, 5.41) is 0. The van der Waals surface area contributed by atoms with Crippen LogP contribution in [-0.4, -0.2) is 17.4 Å². The Hall–Kier alpha value is -1.19. The lowest BCUT2D eigenvalue weighted by molar-refractivity contribution is -0.126. The quantitative estimate of drug-likeness (QED) is 0.602. The highest BCUT2D eigenvalue weighted by atomic mass is 19.2. The van der Waals surface area contributed by atoms with Crippen molar-refractivity contribution in [3.63, 3.8) is 0 Å². The second-order valence-electron chi connectivity index (χ2n) is 4.40. The molecule has 3 rings (SSSR count). The van der Waals surface area contributed by atoms with Gasteiger partial charge in [0.25, 0.3) is 0 Å². The van der Waals surface area contributed by atoms with Crippen molar-refractivity contribution in [3.8, 4) is 0 Å². The van der Waals surface area contributed by atoms with Crippen LogP contribution in [0.5, 0.6) is 0 Å². The zero-order chi connectivity index (χ0) is 10.7. The standard InChI is InChI=1S/C11H11F2NO/c1-5(15)14-3-2-6-9(12)10(13)7-4-8(7)11(6)14/h7-8H,2-4H2,1H3. The Labute approximate surface area is 86.2 Å². The van der Waals surface area contributed by atoms with Gasteiger partial charge in [-0.05, 0) is 12.8 Å². The number of hydrogen-bond acceptors (Lipinski definition) is 1. The van der Waals surface area contributed by atoms with Crippen LogP contribution >= 0.6 is 0 Å². The highest BCUT2D eigenvalue weighted by Crippen LogP contribution is 2.58. The smallest absolute Gasteiger partial charge is 0.223 e. The predicted octanol–water partition coefficient (Wildman–Crippen LogP) is 2.29. The molecule has 1 fully saturated rings. The number of amides is 1. The molecule has 0 aromatic carbocycles. The molecule has 0 radical (unpaired) electrons. The Morgan fingerprint density at radius 2 is 2.13 bits per heavy atom. The van der Waals surface area contributed by atoms with Crippen LogP contribution in [0.1, 0.15) is 19.8 Å². The summed E-state index contributed by atoms with van der Waals surface area (Å²) in [6.07, 6.45) is 1.11. The zero-order valence-electron chi connectivity index (χ0n) is 8.39. The Kier molecular flexibility index (Phi) is 1.62. The maximum absolute atomic E-state index is 13.6. The maximum Gasteiger partial charge on any atom is 0.223 e. The molecule has 2 atom stereocenters.